The van der Waals surface area contributed by atoms with Gasteiger partial charge < -0.3 is 16.0 Å². The van der Waals surface area contributed by atoms with Crippen LogP contribution in [0.3, 0.4) is 0 Å². The molecule has 3 heterocycles. The van der Waals surface area contributed by atoms with Gasteiger partial charge in [-0.15, -0.1) is 18.3 Å². The maximum Gasteiger partial charge on any atom is 0.354 e. The number of aromatic amines is 1. The zero-order valence-electron chi connectivity index (χ0n) is 28.2. The third-order valence-corrected chi connectivity index (χ3v) is 10.4. The number of likely N-dealkylation sites (tertiary alicyclic amines) is 1. The van der Waals surface area contributed by atoms with E-state index in [-0.39, 0.29) is 23.8 Å². The first-order valence-corrected chi connectivity index (χ1v) is 18.5. The number of aryl methyl sites for hydroxylation is 1. The molecular formula is C37H46ClF2N7OS. The highest BCUT2D eigenvalue weighted by atomic mass is 35.5. The molecule has 0 amide bonds. The number of hydrogen-bond donors (Lipinski definition) is 4. The summed E-state index contributed by atoms with van der Waals surface area (Å²) in [5, 5.41) is 11.5. The lowest BCUT2D eigenvalue weighted by atomic mass is 9.89. The second-order valence-electron chi connectivity index (χ2n) is 12.8. The number of nitrogens with one attached hydrogen (secondary N) is 3. The Bertz CT molecular complexity index is 1840. The number of fused-ring (bicyclic) bond motifs is 1. The van der Waals surface area contributed by atoms with Gasteiger partial charge in [-0.3, -0.25) is 19.3 Å². The van der Waals surface area contributed by atoms with Gasteiger partial charge in [0.2, 0.25) is 0 Å². The van der Waals surface area contributed by atoms with Crippen LogP contribution < -0.4 is 16.7 Å². The van der Waals surface area contributed by atoms with E-state index in [1.54, 1.807) is 49.2 Å². The fourth-order valence-corrected chi connectivity index (χ4v) is 7.80. The first kappa shape index (κ1) is 36.8. The van der Waals surface area contributed by atoms with Crippen LogP contribution in [-0.2, 0) is 6.42 Å². The molecule has 0 aliphatic carbocycles. The van der Waals surface area contributed by atoms with Gasteiger partial charge in [0.05, 0.1) is 28.9 Å². The fraction of sp³-hybridized carbons (Fsp3) is 0.432. The Morgan fingerprint density at radius 3 is 2.84 bits per heavy atom. The summed E-state index contributed by atoms with van der Waals surface area (Å²) < 4.78 is 30.2. The number of amidine groups is 1. The number of piperidine rings is 1. The van der Waals surface area contributed by atoms with E-state index in [4.69, 9.17) is 22.7 Å². The summed E-state index contributed by atoms with van der Waals surface area (Å²) in [6, 6.07) is 11.6. The number of nitrogens with two attached hydrogens (primary N) is 1. The number of thioether (sulfide) groups is 1. The van der Waals surface area contributed by atoms with Crippen LogP contribution in [-0.4, -0.2) is 63.4 Å². The van der Waals surface area contributed by atoms with E-state index in [1.807, 2.05) is 18.4 Å². The molecule has 8 nitrogen and oxygen atoms in total. The summed E-state index contributed by atoms with van der Waals surface area (Å²) in [4.78, 5) is 24.3. The molecule has 4 aromatic rings. The highest BCUT2D eigenvalue weighted by Crippen LogP contribution is 2.40. The third-order valence-electron chi connectivity index (χ3n) is 9.35. The van der Waals surface area contributed by atoms with Gasteiger partial charge in [-0.05, 0) is 106 Å². The third kappa shape index (κ3) is 8.81. The lowest BCUT2D eigenvalue weighted by Gasteiger charge is -2.43. The Morgan fingerprint density at radius 1 is 1.29 bits per heavy atom. The minimum absolute atomic E-state index is 0.0297. The monoisotopic (exact) mass is 709 g/mol. The van der Waals surface area contributed by atoms with E-state index in [0.29, 0.717) is 65.8 Å². The number of rotatable bonds is 15. The number of alkyl halides is 1. The minimum atomic E-state index is -0.540. The van der Waals surface area contributed by atoms with Gasteiger partial charge in [0.15, 0.2) is 5.82 Å². The lowest BCUT2D eigenvalue weighted by molar-refractivity contribution is 0.0727. The molecule has 3 atom stereocenters. The van der Waals surface area contributed by atoms with Gasteiger partial charge in [-0.25, -0.2) is 9.18 Å². The number of hydrogen-bond acceptors (Lipinski definition) is 6. The molecule has 49 heavy (non-hydrogen) atoms. The standard InChI is InChI=1S/C37H46ClF2N7OS/c1-4-26(42)9-5-8-24-18-30(35(40)31(38)19-24)32-20-25-22-47(37(48)45-36(25)44-32)28-12-13-29(34(21-28)49-3)33-11-6-10-27(14-16-43-23(2)41)46(33)17-7-15-39/h4,12-13,18-22,26-27,33H,1,5-11,14-17,42H2,2-3H3,(H2,41,43)(H,44,45,48)/t26-,27-,33-/m0/s1. The Labute approximate surface area is 296 Å². The minimum Gasteiger partial charge on any atom is -0.374 e. The van der Waals surface area contributed by atoms with Crippen LogP contribution >= 0.6 is 23.4 Å². The van der Waals surface area contributed by atoms with E-state index in [1.165, 1.54) is 10.1 Å². The maximum absolute atomic E-state index is 15.3. The molecule has 5 N–H and O–H groups in total. The van der Waals surface area contributed by atoms with Crippen molar-refractivity contribution in [2.75, 3.05) is 26.0 Å². The number of benzene rings is 2. The van der Waals surface area contributed by atoms with Crippen LogP contribution in [0, 0.1) is 11.2 Å². The number of halogens is 3. The topological polar surface area (TPSA) is 116 Å². The van der Waals surface area contributed by atoms with E-state index in [0.717, 1.165) is 49.0 Å². The summed E-state index contributed by atoms with van der Waals surface area (Å²) in [5.74, 6) is -0.0919. The zero-order valence-corrected chi connectivity index (χ0v) is 29.8. The van der Waals surface area contributed by atoms with Crippen molar-refractivity contribution in [1.29, 1.82) is 5.41 Å². The number of aromatic nitrogens is 3. The molecular weight excluding hydrogens is 664 g/mol. The molecule has 0 radical (unpaired) electrons. The van der Waals surface area contributed by atoms with Crippen molar-refractivity contribution in [3.8, 4) is 16.9 Å². The van der Waals surface area contributed by atoms with E-state index in [9.17, 15) is 9.18 Å². The van der Waals surface area contributed by atoms with Crippen LogP contribution in [0.4, 0.5) is 8.78 Å². The predicted octanol–water partition coefficient (Wildman–Crippen LogP) is 7.96. The molecule has 0 unspecified atom stereocenters. The second kappa shape index (κ2) is 16.9. The number of H-pyrrole nitrogens is 1. The quantitative estimate of drug-likeness (QED) is 0.0431. The highest BCUT2D eigenvalue weighted by molar-refractivity contribution is 7.98. The van der Waals surface area contributed by atoms with Crippen molar-refractivity contribution in [2.45, 2.75) is 81.3 Å². The first-order valence-electron chi connectivity index (χ1n) is 16.9. The molecule has 1 fully saturated rings. The van der Waals surface area contributed by atoms with E-state index < -0.39 is 11.5 Å². The van der Waals surface area contributed by atoms with Crippen LogP contribution in [0.2, 0.25) is 5.02 Å². The Kier molecular flexibility index (Phi) is 12.7. The van der Waals surface area contributed by atoms with Gasteiger partial charge in [0.1, 0.15) is 5.65 Å². The summed E-state index contributed by atoms with van der Waals surface area (Å²) in [6.45, 7) is 6.48. The van der Waals surface area contributed by atoms with Gasteiger partial charge >= 0.3 is 5.69 Å². The smallest absolute Gasteiger partial charge is 0.354 e. The first-order chi connectivity index (χ1) is 23.6. The molecule has 12 heteroatoms. The maximum atomic E-state index is 15.3. The molecule has 2 aromatic heterocycles. The molecule has 5 rings (SSSR count). The van der Waals surface area contributed by atoms with E-state index in [2.05, 4.69) is 32.8 Å². The van der Waals surface area contributed by atoms with Gasteiger partial charge in [0, 0.05) is 53.3 Å². The second-order valence-corrected chi connectivity index (χ2v) is 14.0. The van der Waals surface area contributed by atoms with Crippen molar-refractivity contribution >= 4 is 40.2 Å². The van der Waals surface area contributed by atoms with Gasteiger partial charge in [-0.2, -0.15) is 4.98 Å². The largest absolute Gasteiger partial charge is 0.374 e. The van der Waals surface area contributed by atoms with Crippen LogP contribution in [0.15, 0.2) is 64.9 Å². The number of nitrogens with zero attached hydrogens (tertiary/aromatic N) is 3. The molecule has 262 valence electrons. The average Bonchev–Trinajstić information content (AvgIpc) is 3.50. The average molecular weight is 710 g/mol. The molecule has 1 saturated heterocycles. The SMILES string of the molecule is C=C[C@H](N)CCCc1cc(Cl)c(F)c(-c2cc3cn(-c4ccc([C@@H]5CCC[C@@H](CCNC(C)=N)N5CCCF)c(SC)c4)c(=O)nc3[nH]2)c1. The Morgan fingerprint density at radius 2 is 2.10 bits per heavy atom. The van der Waals surface area contributed by atoms with Crippen LogP contribution in [0.5, 0.6) is 0 Å². The zero-order chi connectivity index (χ0) is 35.1. The molecule has 1 aliphatic heterocycles. The predicted molar refractivity (Wildman–Crippen MR) is 199 cm³/mol. The molecule has 0 bridgehead atoms. The Balaban J connectivity index is 1.44. The van der Waals surface area contributed by atoms with Crippen molar-refractivity contribution in [3.63, 3.8) is 0 Å². The molecule has 1 aliphatic rings. The Hall–Kier alpha value is -3.51. The van der Waals surface area contributed by atoms with Crippen LogP contribution in [0.25, 0.3) is 28.0 Å². The summed E-state index contributed by atoms with van der Waals surface area (Å²) in [7, 11) is 0. The van der Waals surface area contributed by atoms with Crippen LogP contribution in [0.1, 0.15) is 69.0 Å². The lowest BCUT2D eigenvalue weighted by Crippen LogP contribution is -2.44. The fourth-order valence-electron chi connectivity index (χ4n) is 6.88. The normalized spacial score (nSPS) is 17.3. The van der Waals surface area contributed by atoms with Gasteiger partial charge in [0.25, 0.3) is 0 Å². The van der Waals surface area contributed by atoms with E-state index >= 15 is 4.39 Å². The van der Waals surface area contributed by atoms with Crippen molar-refractivity contribution in [3.05, 3.63) is 87.7 Å². The summed E-state index contributed by atoms with van der Waals surface area (Å²) in [6.07, 6.45) is 12.1. The van der Waals surface area contributed by atoms with Gasteiger partial charge in [-0.1, -0.05) is 23.7 Å². The van der Waals surface area contributed by atoms with Crippen molar-refractivity contribution in [2.24, 2.45) is 5.73 Å². The molecule has 0 spiro atoms. The molecule has 0 saturated carbocycles. The highest BCUT2D eigenvalue weighted by Gasteiger charge is 2.32. The molecule has 2 aromatic carbocycles. The summed E-state index contributed by atoms with van der Waals surface area (Å²) >= 11 is 7.93. The van der Waals surface area contributed by atoms with Crippen molar-refractivity contribution in [1.82, 2.24) is 24.8 Å². The summed E-state index contributed by atoms with van der Waals surface area (Å²) in [5.41, 5.74) is 9.40. The van der Waals surface area contributed by atoms with Crippen molar-refractivity contribution < 1.29 is 8.78 Å².